The van der Waals surface area contributed by atoms with Gasteiger partial charge in [-0.1, -0.05) is 55.5 Å². The topological polar surface area (TPSA) is 83.4 Å². The molecule has 0 aliphatic rings. The molecule has 7 nitrogen and oxygen atoms in total. The third kappa shape index (κ3) is 12.4. The molecule has 0 aliphatic carbocycles. The van der Waals surface area contributed by atoms with Crippen LogP contribution in [0.2, 0.25) is 5.02 Å². The van der Waals surface area contributed by atoms with Crippen molar-refractivity contribution >= 4 is 41.6 Å². The molecule has 0 bridgehead atoms. The Labute approximate surface area is 225 Å². The van der Waals surface area contributed by atoms with Crippen LogP contribution in [0, 0.1) is 0 Å². The minimum atomic E-state index is 0.486. The van der Waals surface area contributed by atoms with Gasteiger partial charge in [0, 0.05) is 42.1 Å². The van der Waals surface area contributed by atoms with Crippen molar-refractivity contribution in [2.45, 2.75) is 34.1 Å². The van der Waals surface area contributed by atoms with Crippen LogP contribution in [-0.2, 0) is 4.79 Å². The van der Waals surface area contributed by atoms with Gasteiger partial charge in [0.15, 0.2) is 0 Å². The first-order valence-corrected chi connectivity index (χ1v) is 12.2. The predicted octanol–water partition coefficient (Wildman–Crippen LogP) is 7.67. The van der Waals surface area contributed by atoms with Gasteiger partial charge in [0.1, 0.15) is 12.1 Å². The van der Waals surface area contributed by atoms with Crippen molar-refractivity contribution < 1.29 is 4.79 Å². The van der Waals surface area contributed by atoms with Crippen LogP contribution in [0.3, 0.4) is 0 Å². The Morgan fingerprint density at radius 2 is 1.84 bits per heavy atom. The summed E-state index contributed by atoms with van der Waals surface area (Å²) < 4.78 is 0. The van der Waals surface area contributed by atoms with Crippen molar-refractivity contribution in [2.75, 3.05) is 17.4 Å². The summed E-state index contributed by atoms with van der Waals surface area (Å²) in [6, 6.07) is 13.1. The molecule has 2 aromatic heterocycles. The van der Waals surface area contributed by atoms with Crippen LogP contribution in [0.25, 0.3) is 11.3 Å². The smallest absolute Gasteiger partial charge is 0.227 e. The number of aromatic nitrogens is 3. The number of hydrogen-bond acceptors (Lipinski definition) is 7. The molecule has 3 rings (SSSR count). The van der Waals surface area contributed by atoms with Crippen LogP contribution in [0.1, 0.15) is 34.1 Å². The van der Waals surface area contributed by atoms with E-state index in [0.717, 1.165) is 28.8 Å². The zero-order valence-electron chi connectivity index (χ0n) is 22.1. The minimum Gasteiger partial charge on any atom is -0.324 e. The highest BCUT2D eigenvalue weighted by Crippen LogP contribution is 2.23. The average Bonchev–Trinajstić information content (AvgIpc) is 2.92. The van der Waals surface area contributed by atoms with Gasteiger partial charge < -0.3 is 10.1 Å². The lowest BCUT2D eigenvalue weighted by molar-refractivity contribution is -0.107. The lowest BCUT2D eigenvalue weighted by atomic mass is 10.2. The number of hydrazone groups is 1. The number of carbonyl (C=O) groups is 1. The van der Waals surface area contributed by atoms with E-state index in [9.17, 15) is 4.79 Å². The number of halogens is 1. The highest BCUT2D eigenvalue weighted by Gasteiger charge is 2.07. The second-order valence-electron chi connectivity index (χ2n) is 7.46. The van der Waals surface area contributed by atoms with E-state index in [1.54, 1.807) is 29.7 Å². The number of carbonyl (C=O) groups excluding carboxylic acids is 1. The molecular weight excluding hydrogens is 484 g/mol. The zero-order valence-corrected chi connectivity index (χ0v) is 22.9. The van der Waals surface area contributed by atoms with Crippen molar-refractivity contribution in [1.29, 1.82) is 0 Å². The van der Waals surface area contributed by atoms with Gasteiger partial charge in [-0.05, 0) is 62.7 Å². The molecule has 0 aliphatic heterocycles. The lowest BCUT2D eigenvalue weighted by Gasteiger charge is -2.13. The number of hydrogen-bond donors (Lipinski definition) is 1. The lowest BCUT2D eigenvalue weighted by Crippen LogP contribution is -2.10. The standard InChI is InChI=1S/C22H21ClN6.C4H8.C3H6O/c1-4-6-16(2)15-26-29(3)21-13-17(9-11-24-21)20-10-12-25-22(28-20)27-19-8-5-7-18(23)14-19;1-3-4-2;1-2-3-4/h4-15H,1H2,2-3H3,(H,25,27,28);3-4H,1-2H3;3H,2H2,1H3/b16-6+,26-15+;4-3-;. The predicted molar refractivity (Wildman–Crippen MR) is 158 cm³/mol. The molecule has 1 aromatic carbocycles. The number of pyridine rings is 1. The molecule has 0 spiro atoms. The van der Waals surface area contributed by atoms with Crippen LogP contribution in [0.4, 0.5) is 17.5 Å². The van der Waals surface area contributed by atoms with Gasteiger partial charge in [-0.25, -0.2) is 15.0 Å². The molecule has 0 amide bonds. The first-order chi connectivity index (χ1) is 17.9. The number of rotatable bonds is 8. The normalized spacial score (nSPS) is 10.7. The Kier molecular flexibility index (Phi) is 15.2. The summed E-state index contributed by atoms with van der Waals surface area (Å²) in [5, 5.41) is 9.92. The summed E-state index contributed by atoms with van der Waals surface area (Å²) in [6.07, 6.45) is 14.3. The molecular formula is C29H35ClN6O. The van der Waals surface area contributed by atoms with Crippen molar-refractivity contribution in [3.05, 3.63) is 96.3 Å². The summed E-state index contributed by atoms with van der Waals surface area (Å²) >= 11 is 6.04. The van der Waals surface area contributed by atoms with E-state index in [4.69, 9.17) is 11.6 Å². The molecule has 0 saturated carbocycles. The SMILES string of the molecule is C/C=C\C.C=C/C=C(C)/C=N/N(C)c1cc(-c2ccnc(Nc3cccc(Cl)c3)n2)ccn1.CCC=O. The third-order valence-corrected chi connectivity index (χ3v) is 4.66. The Bertz CT molecular complexity index is 1200. The Morgan fingerprint density at radius 3 is 2.46 bits per heavy atom. The van der Waals surface area contributed by atoms with Gasteiger partial charge in [0.05, 0.1) is 11.9 Å². The molecule has 0 saturated heterocycles. The van der Waals surface area contributed by atoms with Crippen molar-refractivity contribution in [3.8, 4) is 11.3 Å². The molecule has 3 aromatic rings. The second-order valence-corrected chi connectivity index (χ2v) is 7.90. The van der Waals surface area contributed by atoms with Gasteiger partial charge in [-0.3, -0.25) is 5.01 Å². The first kappa shape index (κ1) is 30.9. The fraction of sp³-hybridized carbons (Fsp3) is 0.207. The van der Waals surface area contributed by atoms with Gasteiger partial charge >= 0.3 is 0 Å². The van der Waals surface area contributed by atoms with E-state index in [1.165, 1.54) is 0 Å². The summed E-state index contributed by atoms with van der Waals surface area (Å²) in [7, 11) is 1.84. The summed E-state index contributed by atoms with van der Waals surface area (Å²) in [5.41, 5.74) is 3.50. The Morgan fingerprint density at radius 1 is 1.14 bits per heavy atom. The Hall–Kier alpha value is -4.10. The quantitative estimate of drug-likeness (QED) is 0.108. The molecule has 0 radical (unpaired) electrons. The van der Waals surface area contributed by atoms with Gasteiger partial charge in [0.25, 0.3) is 0 Å². The molecule has 194 valence electrons. The van der Waals surface area contributed by atoms with E-state index in [2.05, 4.69) is 31.9 Å². The van der Waals surface area contributed by atoms with Crippen LogP contribution in [-0.4, -0.2) is 34.5 Å². The van der Waals surface area contributed by atoms with Crippen LogP contribution >= 0.6 is 11.6 Å². The van der Waals surface area contributed by atoms with E-state index in [1.807, 2.05) is 95.4 Å². The highest BCUT2D eigenvalue weighted by atomic mass is 35.5. The van der Waals surface area contributed by atoms with Crippen LogP contribution in [0.15, 0.2) is 96.4 Å². The van der Waals surface area contributed by atoms with E-state index in [0.29, 0.717) is 23.2 Å². The largest absolute Gasteiger partial charge is 0.324 e. The first-order valence-electron chi connectivity index (χ1n) is 11.8. The second kappa shape index (κ2) is 18.2. The van der Waals surface area contributed by atoms with Crippen molar-refractivity contribution in [1.82, 2.24) is 15.0 Å². The Balaban J connectivity index is 0.000000751. The summed E-state index contributed by atoms with van der Waals surface area (Å²) in [5.74, 6) is 1.19. The van der Waals surface area contributed by atoms with Crippen molar-refractivity contribution in [2.24, 2.45) is 5.10 Å². The molecule has 0 fully saturated rings. The minimum absolute atomic E-state index is 0.486. The fourth-order valence-electron chi connectivity index (χ4n) is 2.50. The fourth-order valence-corrected chi connectivity index (χ4v) is 2.69. The monoisotopic (exact) mass is 518 g/mol. The van der Waals surface area contributed by atoms with Crippen LogP contribution < -0.4 is 10.3 Å². The van der Waals surface area contributed by atoms with Gasteiger partial charge in [0.2, 0.25) is 5.95 Å². The summed E-state index contributed by atoms with van der Waals surface area (Å²) in [4.78, 5) is 22.4. The van der Waals surface area contributed by atoms with Crippen LogP contribution in [0.5, 0.6) is 0 Å². The molecule has 0 atom stereocenters. The number of nitrogens with zero attached hydrogens (tertiary/aromatic N) is 5. The van der Waals surface area contributed by atoms with E-state index >= 15 is 0 Å². The van der Waals surface area contributed by atoms with E-state index in [-0.39, 0.29) is 0 Å². The van der Waals surface area contributed by atoms with Crippen molar-refractivity contribution in [3.63, 3.8) is 0 Å². The zero-order chi connectivity index (χ0) is 27.5. The maximum absolute atomic E-state index is 9.17. The molecule has 2 heterocycles. The van der Waals surface area contributed by atoms with Gasteiger partial charge in [-0.2, -0.15) is 5.10 Å². The maximum Gasteiger partial charge on any atom is 0.227 e. The highest BCUT2D eigenvalue weighted by molar-refractivity contribution is 6.30. The third-order valence-electron chi connectivity index (χ3n) is 4.42. The average molecular weight is 519 g/mol. The number of benzene rings is 1. The number of nitrogens with one attached hydrogen (secondary N) is 1. The molecule has 37 heavy (non-hydrogen) atoms. The van der Waals surface area contributed by atoms with Gasteiger partial charge in [-0.15, -0.1) is 0 Å². The van der Waals surface area contributed by atoms with E-state index < -0.39 is 0 Å². The molecule has 8 heteroatoms. The molecule has 1 N–H and O–H groups in total. The summed E-state index contributed by atoms with van der Waals surface area (Å²) in [6.45, 7) is 11.5. The number of aldehydes is 1. The molecule has 0 unspecified atom stereocenters. The number of anilines is 3. The maximum atomic E-state index is 9.17. The number of allylic oxidation sites excluding steroid dienone is 5.